The summed E-state index contributed by atoms with van der Waals surface area (Å²) in [6, 6.07) is 7.68. The van der Waals surface area contributed by atoms with Gasteiger partial charge in [-0.2, -0.15) is 5.26 Å². The fourth-order valence-corrected chi connectivity index (χ4v) is 7.45. The van der Waals surface area contributed by atoms with Gasteiger partial charge in [-0.05, 0) is 44.4 Å². The maximum atomic E-state index is 12.1. The minimum atomic E-state index is -0.692. The normalized spacial score (nSPS) is 10.6. The summed E-state index contributed by atoms with van der Waals surface area (Å²) in [6.45, 7) is 8.11. The van der Waals surface area contributed by atoms with Crippen molar-refractivity contribution in [2.45, 2.75) is 47.0 Å². The van der Waals surface area contributed by atoms with Crippen LogP contribution in [0.1, 0.15) is 68.6 Å². The molecule has 238 valence electrons. The number of esters is 1. The van der Waals surface area contributed by atoms with Gasteiger partial charge >= 0.3 is 5.97 Å². The number of fused-ring (bicyclic) bond motifs is 3. The highest BCUT2D eigenvalue weighted by Gasteiger charge is 2.15. The number of aryl methyl sites for hydroxylation is 3. The lowest BCUT2D eigenvalue weighted by Crippen LogP contribution is -2.21. The zero-order chi connectivity index (χ0) is 33.5. The molecule has 0 atom stereocenters. The van der Waals surface area contributed by atoms with Crippen molar-refractivity contribution in [3.63, 3.8) is 0 Å². The number of primary amides is 1. The minimum Gasteiger partial charge on any atom is -0.462 e. The zero-order valence-corrected chi connectivity index (χ0v) is 28.6. The lowest BCUT2D eigenvalue weighted by Gasteiger charge is -2.00. The van der Waals surface area contributed by atoms with Crippen LogP contribution in [0.4, 0.5) is 0 Å². The molecule has 0 unspecified atom stereocenters. The molecule has 0 saturated carbocycles. The van der Waals surface area contributed by atoms with Crippen molar-refractivity contribution in [3.8, 4) is 6.07 Å². The number of nitrogens with two attached hydrogens (primary N) is 1. The molecule has 0 radical (unpaired) electrons. The molecule has 6 aromatic heterocycles. The Morgan fingerprint density at radius 3 is 1.87 bits per heavy atom. The average molecular weight is 696 g/mol. The summed E-state index contributed by atoms with van der Waals surface area (Å²) >= 11 is 10.7. The fourth-order valence-electron chi connectivity index (χ4n) is 4.29. The van der Waals surface area contributed by atoms with Crippen LogP contribution >= 0.6 is 45.6 Å². The van der Waals surface area contributed by atoms with Crippen LogP contribution < -0.4 is 16.6 Å². The van der Waals surface area contributed by atoms with Crippen molar-refractivity contribution in [1.29, 1.82) is 5.26 Å². The van der Waals surface area contributed by atoms with Crippen LogP contribution in [0.15, 0.2) is 46.4 Å². The molecule has 0 aromatic carbocycles. The van der Waals surface area contributed by atoms with Gasteiger partial charge in [0.25, 0.3) is 5.91 Å². The minimum absolute atomic E-state index is 0.0166. The molecule has 0 spiro atoms. The molecule has 1 amide bonds. The summed E-state index contributed by atoms with van der Waals surface area (Å²) in [5, 5.41) is 11.3. The Bertz CT molecular complexity index is 2220. The van der Waals surface area contributed by atoms with Gasteiger partial charge in [0.2, 0.25) is 10.9 Å². The molecule has 4 N–H and O–H groups in total. The van der Waals surface area contributed by atoms with E-state index < -0.39 is 11.9 Å². The molecule has 0 bridgehead atoms. The number of thiophene rings is 3. The smallest absolute Gasteiger partial charge is 0.343 e. The number of rotatable bonds is 6. The molecular formula is C32H30ClN5O5S3. The van der Waals surface area contributed by atoms with Crippen molar-refractivity contribution >= 4 is 88.1 Å². The number of amides is 1. The predicted molar refractivity (Wildman–Crippen MR) is 187 cm³/mol. The quantitative estimate of drug-likeness (QED) is 0.158. The topological polar surface area (TPSA) is 172 Å². The Kier molecular flexibility index (Phi) is 11.5. The summed E-state index contributed by atoms with van der Waals surface area (Å²) in [6.07, 6.45) is 7.06. The van der Waals surface area contributed by atoms with Gasteiger partial charge in [-0.15, -0.1) is 34.0 Å². The van der Waals surface area contributed by atoms with Crippen molar-refractivity contribution < 1.29 is 14.3 Å². The van der Waals surface area contributed by atoms with Crippen LogP contribution in [-0.2, 0) is 24.0 Å². The molecule has 0 aliphatic carbocycles. The number of H-pyrrole nitrogens is 2. The third-order valence-corrected chi connectivity index (χ3v) is 10.7. The Morgan fingerprint density at radius 2 is 1.37 bits per heavy atom. The molecule has 0 fully saturated rings. The van der Waals surface area contributed by atoms with Gasteiger partial charge in [0.15, 0.2) is 0 Å². The first-order valence-corrected chi connectivity index (χ1v) is 17.1. The number of carbonyl (C=O) groups excluding carboxylic acids is 2. The predicted octanol–water partition coefficient (Wildman–Crippen LogP) is 6.96. The first kappa shape index (κ1) is 34.5. The second-order valence-electron chi connectivity index (χ2n) is 9.65. The van der Waals surface area contributed by atoms with E-state index in [-0.39, 0.29) is 28.6 Å². The average Bonchev–Trinajstić information content (AvgIpc) is 3.79. The lowest BCUT2D eigenvalue weighted by molar-refractivity contribution is 0.0524. The van der Waals surface area contributed by atoms with E-state index in [0.717, 1.165) is 48.9 Å². The summed E-state index contributed by atoms with van der Waals surface area (Å²) in [4.78, 5) is 62.4. The SMILES string of the molecule is CCOC(=O)c1c[nH]c2sc(CC)cc2c1=O.CCc1cc2c(=O)c(C(N)=O)c[nH]c2s1.CCc1cc2c(Cl)c(C#N)cnc2s1. The highest BCUT2D eigenvalue weighted by molar-refractivity contribution is 7.19. The number of ether oxygens (including phenoxy) is 1. The number of aromatic nitrogens is 3. The van der Waals surface area contributed by atoms with Crippen molar-refractivity contribution in [2.75, 3.05) is 6.61 Å². The number of nitrogens with zero attached hydrogens (tertiary/aromatic N) is 2. The van der Waals surface area contributed by atoms with Gasteiger partial charge in [0, 0.05) is 38.6 Å². The highest BCUT2D eigenvalue weighted by Crippen LogP contribution is 2.31. The zero-order valence-electron chi connectivity index (χ0n) is 25.4. The molecule has 14 heteroatoms. The number of carbonyl (C=O) groups is 2. The summed E-state index contributed by atoms with van der Waals surface area (Å²) < 4.78 is 4.84. The third kappa shape index (κ3) is 7.37. The van der Waals surface area contributed by atoms with E-state index in [9.17, 15) is 19.2 Å². The molecule has 0 saturated heterocycles. The summed E-state index contributed by atoms with van der Waals surface area (Å²) in [7, 11) is 0. The monoisotopic (exact) mass is 695 g/mol. The van der Waals surface area contributed by atoms with Crippen molar-refractivity contribution in [2.24, 2.45) is 5.73 Å². The molecule has 0 aliphatic rings. The lowest BCUT2D eigenvalue weighted by atomic mass is 10.2. The van der Waals surface area contributed by atoms with Gasteiger partial charge < -0.3 is 20.4 Å². The Morgan fingerprint density at radius 1 is 0.870 bits per heavy atom. The first-order valence-electron chi connectivity index (χ1n) is 14.3. The van der Waals surface area contributed by atoms with Gasteiger partial charge in [-0.25, -0.2) is 9.78 Å². The van der Waals surface area contributed by atoms with E-state index in [2.05, 4.69) is 21.9 Å². The van der Waals surface area contributed by atoms with E-state index in [1.807, 2.05) is 38.1 Å². The molecule has 46 heavy (non-hydrogen) atoms. The Hall–Kier alpha value is -4.35. The molecular weight excluding hydrogens is 666 g/mol. The van der Waals surface area contributed by atoms with Crippen LogP contribution in [0, 0.1) is 11.3 Å². The number of aromatic amines is 2. The van der Waals surface area contributed by atoms with Gasteiger partial charge in [0.1, 0.15) is 31.7 Å². The molecule has 6 aromatic rings. The highest BCUT2D eigenvalue weighted by atomic mass is 35.5. The molecule has 0 aliphatic heterocycles. The summed E-state index contributed by atoms with van der Waals surface area (Å²) in [5.41, 5.74) is 5.08. The van der Waals surface area contributed by atoms with Crippen LogP contribution in [0.2, 0.25) is 5.02 Å². The maximum absolute atomic E-state index is 12.1. The van der Waals surface area contributed by atoms with Crippen LogP contribution in [0.5, 0.6) is 0 Å². The van der Waals surface area contributed by atoms with Crippen LogP contribution in [-0.4, -0.2) is 33.4 Å². The van der Waals surface area contributed by atoms with Gasteiger partial charge in [0.05, 0.1) is 28.0 Å². The van der Waals surface area contributed by atoms with E-state index in [1.165, 1.54) is 46.1 Å². The number of nitrogens with one attached hydrogen (secondary N) is 2. The molecule has 6 heterocycles. The Labute approximate surface area is 280 Å². The maximum Gasteiger partial charge on any atom is 0.343 e. The van der Waals surface area contributed by atoms with E-state index in [4.69, 9.17) is 27.3 Å². The molecule has 6 rings (SSSR count). The summed E-state index contributed by atoms with van der Waals surface area (Å²) in [5.74, 6) is -1.26. The largest absolute Gasteiger partial charge is 0.462 e. The Balaban J connectivity index is 0.000000157. The van der Waals surface area contributed by atoms with Gasteiger partial charge in [-0.3, -0.25) is 14.4 Å². The first-order chi connectivity index (χ1) is 22.1. The number of pyridine rings is 3. The number of hydrogen-bond donors (Lipinski definition) is 3. The van der Waals surface area contributed by atoms with Crippen LogP contribution in [0.3, 0.4) is 0 Å². The van der Waals surface area contributed by atoms with E-state index in [0.29, 0.717) is 21.4 Å². The molecule has 10 nitrogen and oxygen atoms in total. The number of nitriles is 1. The number of hydrogen-bond acceptors (Lipinski definition) is 10. The van der Waals surface area contributed by atoms with Crippen molar-refractivity contribution in [3.05, 3.63) is 93.6 Å². The van der Waals surface area contributed by atoms with Crippen molar-refractivity contribution in [1.82, 2.24) is 15.0 Å². The second kappa shape index (κ2) is 15.3. The third-order valence-electron chi connectivity index (χ3n) is 6.71. The van der Waals surface area contributed by atoms with E-state index in [1.54, 1.807) is 18.3 Å². The second-order valence-corrected chi connectivity index (χ2v) is 13.4. The van der Waals surface area contributed by atoms with Gasteiger partial charge in [-0.1, -0.05) is 32.4 Å². The van der Waals surface area contributed by atoms with Crippen LogP contribution in [0.25, 0.3) is 30.6 Å². The number of halogens is 1. The fraction of sp³-hybridized carbons (Fsp3) is 0.250. The standard InChI is InChI=1S/C12H13NO3S.C10H7ClN2S.C10H10N2O2S/c1-3-7-5-8-10(14)9(12(15)16-4-2)6-13-11(8)17-7;1-2-7-3-8-9(11)6(4-12)5-13-10(8)14-7;1-2-5-3-6-8(13)7(9(11)14)4-12-10(6)15-5/h5-6H,3-4H2,1-2H3,(H,13,14);3,5H,2H2,1H3;3-4H,2H2,1H3,(H2,11,14)(H,12,13). The van der Waals surface area contributed by atoms with E-state index >= 15 is 0 Å².